The van der Waals surface area contributed by atoms with Crippen LogP contribution >= 0.6 is 11.8 Å². The van der Waals surface area contributed by atoms with E-state index in [-0.39, 0.29) is 11.6 Å². The van der Waals surface area contributed by atoms with Crippen molar-refractivity contribution in [3.8, 4) is 0 Å². The third-order valence-corrected chi connectivity index (χ3v) is 3.53. The van der Waals surface area contributed by atoms with E-state index in [4.69, 9.17) is 0 Å². The predicted octanol–water partition coefficient (Wildman–Crippen LogP) is 2.64. The molecule has 0 aromatic heterocycles. The molecule has 89 valence electrons. The van der Waals surface area contributed by atoms with Gasteiger partial charge in [0.15, 0.2) is 5.78 Å². The Morgan fingerprint density at radius 2 is 2.00 bits per heavy atom. The molecule has 2 nitrogen and oxygen atoms in total. The number of rotatable bonds is 1. The summed E-state index contributed by atoms with van der Waals surface area (Å²) in [5.41, 5.74) is 0.698. The zero-order valence-electron chi connectivity index (χ0n) is 9.15. The molecule has 0 N–H and O–H groups in total. The Balaban J connectivity index is 0.000000437. The maximum atomic E-state index is 11.8. The van der Waals surface area contributed by atoms with E-state index in [1.54, 1.807) is 17.8 Å². The molecule has 0 amide bonds. The molecule has 1 atom stereocenters. The molecule has 0 spiro atoms. The summed E-state index contributed by atoms with van der Waals surface area (Å²) in [7, 11) is -1.00. The second kappa shape index (κ2) is 6.54. The maximum absolute atomic E-state index is 11.8. The van der Waals surface area contributed by atoms with Gasteiger partial charge in [-0.2, -0.15) is 0 Å². The van der Waals surface area contributed by atoms with Crippen LogP contribution in [0.25, 0.3) is 0 Å². The highest BCUT2D eigenvalue weighted by molar-refractivity contribution is 7.99. The van der Waals surface area contributed by atoms with Crippen LogP contribution in [0.2, 0.25) is 0 Å². The van der Waals surface area contributed by atoms with E-state index in [0.717, 1.165) is 4.90 Å². The van der Waals surface area contributed by atoms with Crippen LogP contribution in [0.3, 0.4) is 0 Å². The van der Waals surface area contributed by atoms with Gasteiger partial charge in [0.05, 0.1) is 5.92 Å². The van der Waals surface area contributed by atoms with Crippen molar-refractivity contribution in [2.45, 2.75) is 11.8 Å². The summed E-state index contributed by atoms with van der Waals surface area (Å²) in [6, 6.07) is 7.46. The lowest BCUT2D eigenvalue weighted by Crippen LogP contribution is -2.27. The minimum absolute atomic E-state index is 0.0214. The van der Waals surface area contributed by atoms with Crippen LogP contribution in [0.4, 0.5) is 8.63 Å². The predicted molar refractivity (Wildman–Crippen MR) is 63.6 cm³/mol. The van der Waals surface area contributed by atoms with E-state index in [1.807, 2.05) is 18.2 Å². The van der Waals surface area contributed by atoms with Gasteiger partial charge in [-0.1, -0.05) is 18.2 Å². The van der Waals surface area contributed by atoms with Gasteiger partial charge in [0.2, 0.25) is 0 Å². The zero-order valence-corrected chi connectivity index (χ0v) is 9.97. The highest BCUT2D eigenvalue weighted by atomic mass is 32.2. The highest BCUT2D eigenvalue weighted by Gasteiger charge is 2.30. The largest absolute Gasteiger partial charge is 0.577 e. The van der Waals surface area contributed by atoms with Crippen molar-refractivity contribution in [1.29, 1.82) is 0 Å². The summed E-state index contributed by atoms with van der Waals surface area (Å²) in [5, 5.41) is 0. The van der Waals surface area contributed by atoms with Gasteiger partial charge in [-0.3, -0.25) is 18.2 Å². The summed E-state index contributed by atoms with van der Waals surface area (Å²) in [5.74, 6) is 0.101. The molecule has 0 aliphatic carbocycles. The number of halogens is 2. The third-order valence-electron chi connectivity index (χ3n) is 2.37. The van der Waals surface area contributed by atoms with Crippen molar-refractivity contribution in [1.82, 2.24) is 0 Å². The van der Waals surface area contributed by atoms with Gasteiger partial charge in [0.1, 0.15) is 5.78 Å². The van der Waals surface area contributed by atoms with Crippen molar-refractivity contribution in [3.63, 3.8) is 0 Å². The van der Waals surface area contributed by atoms with Gasteiger partial charge < -0.3 is 0 Å². The van der Waals surface area contributed by atoms with E-state index >= 15 is 0 Å². The number of hydrogen-bond donors (Lipinski definition) is 0. The smallest absolute Gasteiger partial charge is 0.299 e. The number of fused-ring (bicyclic) bond motifs is 1. The number of carbonyl (C=O) groups is 2. The molecule has 6 heteroatoms. The molecule has 1 aromatic carbocycles. The molecule has 1 aliphatic rings. The van der Waals surface area contributed by atoms with E-state index in [9.17, 15) is 18.2 Å². The Hall–Kier alpha value is -1.17. The number of hydrogen-bond acceptors (Lipinski definition) is 3. The first kappa shape index (κ1) is 13.9. The lowest BCUT2D eigenvalue weighted by Gasteiger charge is -2.20. The molecule has 0 fully saturated rings. The highest BCUT2D eigenvalue weighted by Crippen LogP contribution is 2.32. The Bertz CT molecular complexity index is 426. The molecule has 2 rings (SSSR count). The number of thioether (sulfide) groups is 1. The SMILES string of the molecule is CC(=O)C1CSc2ccccc2C1=O.F[B]F. The maximum Gasteiger partial charge on any atom is 0.577 e. The molecule has 0 saturated carbocycles. The van der Waals surface area contributed by atoms with Gasteiger partial charge in [-0.25, -0.2) is 0 Å². The lowest BCUT2D eigenvalue weighted by atomic mass is 9.95. The quantitative estimate of drug-likeness (QED) is 0.571. The molecule has 1 unspecified atom stereocenters. The second-order valence-electron chi connectivity index (χ2n) is 3.42. The van der Waals surface area contributed by atoms with E-state index in [1.165, 1.54) is 6.92 Å². The van der Waals surface area contributed by atoms with Crippen molar-refractivity contribution in [2.75, 3.05) is 5.75 Å². The van der Waals surface area contributed by atoms with Gasteiger partial charge in [-0.15, -0.1) is 11.8 Å². The Kier molecular flexibility index (Phi) is 5.35. The first-order valence-electron chi connectivity index (χ1n) is 4.90. The minimum Gasteiger partial charge on any atom is -0.299 e. The van der Waals surface area contributed by atoms with Crippen LogP contribution in [-0.4, -0.2) is 25.2 Å². The molecule has 1 aromatic rings. The van der Waals surface area contributed by atoms with Crippen molar-refractivity contribution >= 4 is 31.2 Å². The van der Waals surface area contributed by atoms with Gasteiger partial charge >= 0.3 is 7.83 Å². The first-order chi connectivity index (χ1) is 8.11. The fraction of sp³-hybridized carbons (Fsp3) is 0.273. The fourth-order valence-electron chi connectivity index (χ4n) is 1.53. The van der Waals surface area contributed by atoms with Gasteiger partial charge in [0, 0.05) is 16.2 Å². The topological polar surface area (TPSA) is 34.1 Å². The summed E-state index contributed by atoms with van der Waals surface area (Å²) in [4.78, 5) is 24.0. The van der Waals surface area contributed by atoms with Crippen LogP contribution in [0.1, 0.15) is 17.3 Å². The fourth-order valence-corrected chi connectivity index (χ4v) is 2.77. The van der Waals surface area contributed by atoms with Crippen LogP contribution in [0.15, 0.2) is 29.2 Å². The number of benzene rings is 1. The Morgan fingerprint density at radius 1 is 1.41 bits per heavy atom. The average Bonchev–Trinajstić information content (AvgIpc) is 2.30. The summed E-state index contributed by atoms with van der Waals surface area (Å²) < 4.78 is 19.0. The van der Waals surface area contributed by atoms with Crippen molar-refractivity contribution < 1.29 is 18.2 Å². The van der Waals surface area contributed by atoms with Crippen LogP contribution in [0.5, 0.6) is 0 Å². The number of Topliss-reactive ketones (excluding diaryl/α,β-unsaturated/α-hetero) is 2. The minimum atomic E-state index is -1.00. The molecular weight excluding hydrogens is 245 g/mol. The average molecular weight is 255 g/mol. The van der Waals surface area contributed by atoms with Gasteiger partial charge in [0.25, 0.3) is 0 Å². The van der Waals surface area contributed by atoms with E-state index < -0.39 is 13.8 Å². The van der Waals surface area contributed by atoms with Crippen molar-refractivity contribution in [2.24, 2.45) is 5.92 Å². The monoisotopic (exact) mass is 255 g/mol. The van der Waals surface area contributed by atoms with Gasteiger partial charge in [-0.05, 0) is 13.0 Å². The first-order valence-corrected chi connectivity index (χ1v) is 5.89. The lowest BCUT2D eigenvalue weighted by molar-refractivity contribution is -0.118. The summed E-state index contributed by atoms with van der Waals surface area (Å²) >= 11 is 1.59. The third kappa shape index (κ3) is 3.39. The van der Waals surface area contributed by atoms with E-state index in [0.29, 0.717) is 11.3 Å². The molecule has 0 bridgehead atoms. The Labute approximate surface area is 103 Å². The molecule has 17 heavy (non-hydrogen) atoms. The van der Waals surface area contributed by atoms with Crippen molar-refractivity contribution in [3.05, 3.63) is 29.8 Å². The number of ketones is 2. The Morgan fingerprint density at radius 3 is 2.59 bits per heavy atom. The normalized spacial score (nSPS) is 17.6. The standard InChI is InChI=1S/C11H10O2S.BF2/c1-7(12)9-6-14-10-5-3-2-4-8(10)11(9)13;2-1-3/h2-5,9H,6H2,1H3;. The summed E-state index contributed by atoms with van der Waals surface area (Å²) in [6.45, 7) is 1.48. The van der Waals surface area contributed by atoms with Crippen LogP contribution < -0.4 is 0 Å². The molecule has 1 heterocycles. The summed E-state index contributed by atoms with van der Waals surface area (Å²) in [6.07, 6.45) is 0. The van der Waals surface area contributed by atoms with Crippen LogP contribution in [0, 0.1) is 5.92 Å². The van der Waals surface area contributed by atoms with E-state index in [2.05, 4.69) is 0 Å². The molecule has 1 radical (unpaired) electrons. The van der Waals surface area contributed by atoms with Crippen LogP contribution in [-0.2, 0) is 4.79 Å². The zero-order chi connectivity index (χ0) is 12.8. The molecule has 1 aliphatic heterocycles. The molecule has 0 saturated heterocycles. The molecular formula is C11H10BF2O2S. The second-order valence-corrected chi connectivity index (χ2v) is 4.48. The number of carbonyl (C=O) groups excluding carboxylic acids is 2.